The van der Waals surface area contributed by atoms with Gasteiger partial charge in [-0.1, -0.05) is 0 Å². The van der Waals surface area contributed by atoms with Crippen LogP contribution in [0.5, 0.6) is 0 Å². The van der Waals surface area contributed by atoms with Crippen molar-refractivity contribution in [3.63, 3.8) is 0 Å². The van der Waals surface area contributed by atoms with E-state index in [1.54, 1.807) is 4.68 Å². The molecule has 1 aromatic heterocycles. The van der Waals surface area contributed by atoms with Crippen LogP contribution in [0.1, 0.15) is 17.0 Å². The van der Waals surface area contributed by atoms with Gasteiger partial charge in [-0.2, -0.15) is 5.10 Å². The Balaban J connectivity index is 2.40. The van der Waals surface area contributed by atoms with Crippen LogP contribution in [0, 0.1) is 13.8 Å². The van der Waals surface area contributed by atoms with Crippen molar-refractivity contribution in [3.05, 3.63) is 17.0 Å². The molecule has 0 bridgehead atoms. The highest BCUT2D eigenvalue weighted by molar-refractivity contribution is 8.00. The van der Waals surface area contributed by atoms with Gasteiger partial charge in [0.2, 0.25) is 5.91 Å². The van der Waals surface area contributed by atoms with E-state index in [9.17, 15) is 9.59 Å². The summed E-state index contributed by atoms with van der Waals surface area (Å²) in [7, 11) is 1.86. The van der Waals surface area contributed by atoms with Gasteiger partial charge in [0.1, 0.15) is 0 Å². The number of amides is 1. The summed E-state index contributed by atoms with van der Waals surface area (Å²) in [6.07, 6.45) is 0. The maximum atomic E-state index is 11.5. The number of carbonyl (C=O) groups is 2. The van der Waals surface area contributed by atoms with Crippen LogP contribution in [-0.4, -0.2) is 38.3 Å². The Morgan fingerprint density at radius 3 is 2.56 bits per heavy atom. The molecule has 100 valence electrons. The number of thioether (sulfide) groups is 1. The lowest BCUT2D eigenvalue weighted by atomic mass is 10.2. The Morgan fingerprint density at radius 1 is 1.39 bits per heavy atom. The van der Waals surface area contributed by atoms with Gasteiger partial charge in [0.15, 0.2) is 0 Å². The van der Waals surface area contributed by atoms with Gasteiger partial charge in [-0.15, -0.1) is 11.8 Å². The summed E-state index contributed by atoms with van der Waals surface area (Å²) in [6, 6.07) is 0. The van der Waals surface area contributed by atoms with Crippen molar-refractivity contribution >= 4 is 23.6 Å². The normalized spacial score (nSPS) is 10.4. The van der Waals surface area contributed by atoms with Gasteiger partial charge < -0.3 is 10.4 Å². The van der Waals surface area contributed by atoms with Crippen LogP contribution in [-0.2, 0) is 23.2 Å². The lowest BCUT2D eigenvalue weighted by molar-refractivity contribution is -0.133. The number of hydrogen-bond donors (Lipinski definition) is 2. The van der Waals surface area contributed by atoms with Gasteiger partial charge in [-0.25, -0.2) is 0 Å². The van der Waals surface area contributed by atoms with E-state index in [0.717, 1.165) is 28.7 Å². The molecule has 7 heteroatoms. The molecule has 0 unspecified atom stereocenters. The van der Waals surface area contributed by atoms with Gasteiger partial charge in [0, 0.05) is 24.8 Å². The third-order valence-electron chi connectivity index (χ3n) is 2.58. The van der Waals surface area contributed by atoms with Crippen molar-refractivity contribution in [2.45, 2.75) is 20.4 Å². The first-order chi connectivity index (χ1) is 8.41. The molecule has 0 aliphatic rings. The van der Waals surface area contributed by atoms with Gasteiger partial charge >= 0.3 is 5.97 Å². The largest absolute Gasteiger partial charge is 0.481 e. The highest BCUT2D eigenvalue weighted by Crippen LogP contribution is 2.11. The summed E-state index contributed by atoms with van der Waals surface area (Å²) in [4.78, 5) is 21.8. The molecule has 1 heterocycles. The summed E-state index contributed by atoms with van der Waals surface area (Å²) < 4.78 is 1.77. The Labute approximate surface area is 110 Å². The van der Waals surface area contributed by atoms with Crippen molar-refractivity contribution < 1.29 is 14.7 Å². The lowest BCUT2D eigenvalue weighted by Gasteiger charge is -2.05. The van der Waals surface area contributed by atoms with E-state index < -0.39 is 5.97 Å². The minimum absolute atomic E-state index is 0.0572. The van der Waals surface area contributed by atoms with E-state index in [1.165, 1.54) is 0 Å². The number of aromatic nitrogens is 2. The Bertz CT molecular complexity index is 457. The topological polar surface area (TPSA) is 84.2 Å². The average Bonchev–Trinajstić information content (AvgIpc) is 2.50. The second-order valence-corrected chi connectivity index (χ2v) is 4.92. The first-order valence-corrected chi connectivity index (χ1v) is 6.62. The van der Waals surface area contributed by atoms with E-state index in [1.807, 2.05) is 20.9 Å². The second kappa shape index (κ2) is 6.44. The van der Waals surface area contributed by atoms with E-state index in [0.29, 0.717) is 6.54 Å². The molecule has 0 spiro atoms. The third kappa shape index (κ3) is 4.06. The molecule has 6 nitrogen and oxygen atoms in total. The lowest BCUT2D eigenvalue weighted by Crippen LogP contribution is -2.25. The number of aliphatic carboxylic acids is 1. The molecular weight excluding hydrogens is 254 g/mol. The first-order valence-electron chi connectivity index (χ1n) is 5.47. The zero-order valence-corrected chi connectivity index (χ0v) is 11.5. The maximum Gasteiger partial charge on any atom is 0.313 e. The number of rotatable bonds is 6. The van der Waals surface area contributed by atoms with Crippen LogP contribution < -0.4 is 5.32 Å². The average molecular weight is 271 g/mol. The first kappa shape index (κ1) is 14.6. The van der Waals surface area contributed by atoms with Crippen molar-refractivity contribution in [2.75, 3.05) is 11.5 Å². The molecule has 0 radical (unpaired) electrons. The second-order valence-electron chi connectivity index (χ2n) is 3.94. The van der Waals surface area contributed by atoms with E-state index in [4.69, 9.17) is 5.11 Å². The molecule has 1 aromatic rings. The summed E-state index contributed by atoms with van der Waals surface area (Å²) in [5, 5.41) is 15.5. The minimum atomic E-state index is -0.910. The van der Waals surface area contributed by atoms with E-state index in [2.05, 4.69) is 10.4 Å². The summed E-state index contributed by atoms with van der Waals surface area (Å²) in [5.74, 6) is -0.973. The molecule has 0 fully saturated rings. The van der Waals surface area contributed by atoms with Crippen molar-refractivity contribution in [1.82, 2.24) is 15.1 Å². The highest BCUT2D eigenvalue weighted by Gasteiger charge is 2.10. The predicted molar refractivity (Wildman–Crippen MR) is 69.5 cm³/mol. The van der Waals surface area contributed by atoms with Gasteiger partial charge in [-0.3, -0.25) is 14.3 Å². The zero-order chi connectivity index (χ0) is 13.7. The fraction of sp³-hybridized carbons (Fsp3) is 0.545. The molecular formula is C11H17N3O3S. The SMILES string of the molecule is Cc1nn(C)c(C)c1CNC(=O)CSCC(=O)O. The molecule has 0 atom stereocenters. The molecule has 0 aromatic carbocycles. The maximum absolute atomic E-state index is 11.5. The third-order valence-corrected chi connectivity index (χ3v) is 3.50. The van der Waals surface area contributed by atoms with E-state index >= 15 is 0 Å². The molecule has 1 amide bonds. The Morgan fingerprint density at radius 2 is 2.06 bits per heavy atom. The fourth-order valence-electron chi connectivity index (χ4n) is 1.54. The monoisotopic (exact) mass is 271 g/mol. The Kier molecular flexibility index (Phi) is 5.21. The van der Waals surface area contributed by atoms with Gasteiger partial charge in [0.05, 0.1) is 17.2 Å². The number of aryl methyl sites for hydroxylation is 2. The van der Waals surface area contributed by atoms with Crippen molar-refractivity contribution in [3.8, 4) is 0 Å². The summed E-state index contributed by atoms with van der Waals surface area (Å²) in [5.41, 5.74) is 2.92. The van der Waals surface area contributed by atoms with Crippen LogP contribution in [0.15, 0.2) is 0 Å². The quantitative estimate of drug-likeness (QED) is 0.785. The molecule has 1 rings (SSSR count). The molecule has 0 saturated heterocycles. The predicted octanol–water partition coefficient (Wildman–Crippen LogP) is 0.471. The zero-order valence-electron chi connectivity index (χ0n) is 10.7. The number of hydrogen-bond acceptors (Lipinski definition) is 4. The summed E-state index contributed by atoms with van der Waals surface area (Å²) in [6.45, 7) is 4.27. The van der Waals surface area contributed by atoms with Crippen LogP contribution in [0.3, 0.4) is 0 Å². The smallest absolute Gasteiger partial charge is 0.313 e. The van der Waals surface area contributed by atoms with Crippen LogP contribution in [0.25, 0.3) is 0 Å². The van der Waals surface area contributed by atoms with Gasteiger partial charge in [-0.05, 0) is 13.8 Å². The van der Waals surface area contributed by atoms with Gasteiger partial charge in [0.25, 0.3) is 0 Å². The van der Waals surface area contributed by atoms with E-state index in [-0.39, 0.29) is 17.4 Å². The standard InChI is InChI=1S/C11H17N3O3S/c1-7-9(8(2)14(3)13-7)4-12-10(15)5-18-6-11(16)17/h4-6H2,1-3H3,(H,12,15)(H,16,17). The van der Waals surface area contributed by atoms with Crippen molar-refractivity contribution in [2.24, 2.45) is 7.05 Å². The molecule has 0 aliphatic heterocycles. The molecule has 18 heavy (non-hydrogen) atoms. The Hall–Kier alpha value is -1.50. The number of nitrogens with zero attached hydrogens (tertiary/aromatic N) is 2. The minimum Gasteiger partial charge on any atom is -0.481 e. The number of carboxylic acid groups (broad SMARTS) is 1. The van der Waals surface area contributed by atoms with Crippen LogP contribution in [0.2, 0.25) is 0 Å². The molecule has 2 N–H and O–H groups in total. The van der Waals surface area contributed by atoms with Crippen LogP contribution in [0.4, 0.5) is 0 Å². The number of carbonyl (C=O) groups excluding carboxylic acids is 1. The fourth-order valence-corrected chi connectivity index (χ4v) is 2.11. The van der Waals surface area contributed by atoms with Crippen LogP contribution >= 0.6 is 11.8 Å². The van der Waals surface area contributed by atoms with Crippen molar-refractivity contribution in [1.29, 1.82) is 0 Å². The molecule has 0 saturated carbocycles. The number of carboxylic acids is 1. The number of nitrogens with one attached hydrogen (secondary N) is 1. The summed E-state index contributed by atoms with van der Waals surface area (Å²) >= 11 is 1.09. The highest BCUT2D eigenvalue weighted by atomic mass is 32.2. The molecule has 0 aliphatic carbocycles.